The molecule has 0 aliphatic carbocycles. The molecule has 0 aromatic rings. The van der Waals surface area contributed by atoms with Crippen LogP contribution in [0.2, 0.25) is 0 Å². The molecule has 1 saturated heterocycles. The molecule has 1 aliphatic heterocycles. The predicted octanol–water partition coefficient (Wildman–Crippen LogP) is 3.62. The molecule has 1 aliphatic rings. The third-order valence-electron chi connectivity index (χ3n) is 4.47. The van der Waals surface area contributed by atoms with E-state index < -0.39 is 0 Å². The molecule has 0 unspecified atom stereocenters. The predicted molar refractivity (Wildman–Crippen MR) is 79.2 cm³/mol. The van der Waals surface area contributed by atoms with E-state index in [9.17, 15) is 4.79 Å². The van der Waals surface area contributed by atoms with E-state index in [-0.39, 0.29) is 11.6 Å². The van der Waals surface area contributed by atoms with Crippen LogP contribution in [-0.4, -0.2) is 36.1 Å². The van der Waals surface area contributed by atoms with Crippen LogP contribution in [0.3, 0.4) is 0 Å². The maximum Gasteiger partial charge on any atom is 0.307 e. The Morgan fingerprint density at radius 3 is 2.11 bits per heavy atom. The Balaban J connectivity index is 2.28. The molecule has 0 aromatic carbocycles. The largest absolute Gasteiger partial charge is 0.460 e. The van der Waals surface area contributed by atoms with Crippen molar-refractivity contribution < 1.29 is 9.53 Å². The second-order valence-electron chi connectivity index (χ2n) is 6.89. The van der Waals surface area contributed by atoms with Gasteiger partial charge in [-0.1, -0.05) is 26.7 Å². The van der Waals surface area contributed by atoms with E-state index in [1.54, 1.807) is 0 Å². The van der Waals surface area contributed by atoms with Crippen LogP contribution in [0.5, 0.6) is 0 Å². The van der Waals surface area contributed by atoms with Crippen molar-refractivity contribution in [2.45, 2.75) is 72.3 Å². The van der Waals surface area contributed by atoms with Crippen molar-refractivity contribution >= 4 is 5.97 Å². The van der Waals surface area contributed by atoms with Gasteiger partial charge in [0.1, 0.15) is 5.60 Å². The van der Waals surface area contributed by atoms with Crippen molar-refractivity contribution in [2.75, 3.05) is 19.6 Å². The summed E-state index contributed by atoms with van der Waals surface area (Å²) in [6, 6.07) is 0. The van der Waals surface area contributed by atoms with E-state index in [2.05, 4.69) is 18.7 Å². The lowest BCUT2D eigenvalue weighted by Gasteiger charge is -2.41. The van der Waals surface area contributed by atoms with Gasteiger partial charge in [0, 0.05) is 6.54 Å². The summed E-state index contributed by atoms with van der Waals surface area (Å²) in [7, 11) is 0. The summed E-state index contributed by atoms with van der Waals surface area (Å²) < 4.78 is 5.35. The highest BCUT2D eigenvalue weighted by atomic mass is 16.6. The fourth-order valence-corrected chi connectivity index (χ4v) is 2.85. The van der Waals surface area contributed by atoms with Crippen LogP contribution in [0.15, 0.2) is 0 Å². The van der Waals surface area contributed by atoms with Crippen LogP contribution in [-0.2, 0) is 9.53 Å². The number of ether oxygens (including phenoxy) is 1. The number of rotatable bonds is 5. The van der Waals surface area contributed by atoms with Crippen molar-refractivity contribution in [3.63, 3.8) is 0 Å². The average molecular weight is 269 g/mol. The second-order valence-corrected chi connectivity index (χ2v) is 6.89. The summed E-state index contributed by atoms with van der Waals surface area (Å²) in [5.41, 5.74) is 0.195. The van der Waals surface area contributed by atoms with Crippen LogP contribution in [0, 0.1) is 5.41 Å². The summed E-state index contributed by atoms with van der Waals surface area (Å²) in [6.07, 6.45) is 5.62. The van der Waals surface area contributed by atoms with E-state index in [1.807, 2.05) is 20.8 Å². The smallest absolute Gasteiger partial charge is 0.307 e. The van der Waals surface area contributed by atoms with Gasteiger partial charge < -0.3 is 9.64 Å². The quantitative estimate of drug-likeness (QED) is 0.714. The van der Waals surface area contributed by atoms with Crippen molar-refractivity contribution in [2.24, 2.45) is 5.41 Å². The fraction of sp³-hybridized carbons (Fsp3) is 0.938. The van der Waals surface area contributed by atoms with E-state index in [0.29, 0.717) is 11.8 Å². The Kier molecular flexibility index (Phi) is 5.84. The number of carbonyl (C=O) groups is 1. The lowest BCUT2D eigenvalue weighted by molar-refractivity contribution is -0.155. The van der Waals surface area contributed by atoms with Gasteiger partial charge >= 0.3 is 5.97 Å². The monoisotopic (exact) mass is 269 g/mol. The first-order valence-corrected chi connectivity index (χ1v) is 7.74. The third-order valence-corrected chi connectivity index (χ3v) is 4.47. The zero-order valence-electron chi connectivity index (χ0n) is 13.4. The molecule has 3 heteroatoms. The number of nitrogens with zero attached hydrogens (tertiary/aromatic N) is 1. The SMILES string of the molecule is CCC1(CC)CCN(CCC(=O)OC(C)(C)C)CC1. The molecule has 0 aromatic heterocycles. The van der Waals surface area contributed by atoms with E-state index in [1.165, 1.54) is 25.7 Å². The molecular weight excluding hydrogens is 238 g/mol. The van der Waals surface area contributed by atoms with Crippen molar-refractivity contribution in [1.82, 2.24) is 4.90 Å². The minimum Gasteiger partial charge on any atom is -0.460 e. The van der Waals surface area contributed by atoms with Gasteiger partial charge in [0.05, 0.1) is 6.42 Å². The number of piperidine rings is 1. The minimum absolute atomic E-state index is 0.0738. The van der Waals surface area contributed by atoms with Gasteiger partial charge in [-0.15, -0.1) is 0 Å². The average Bonchev–Trinajstić information content (AvgIpc) is 2.35. The van der Waals surface area contributed by atoms with Gasteiger partial charge in [0.2, 0.25) is 0 Å². The molecule has 0 radical (unpaired) electrons. The normalized spacial score (nSPS) is 20.3. The molecule has 1 rings (SSSR count). The van der Waals surface area contributed by atoms with E-state index >= 15 is 0 Å². The number of hydrogen-bond acceptors (Lipinski definition) is 3. The summed E-state index contributed by atoms with van der Waals surface area (Å²) in [6.45, 7) is 13.5. The van der Waals surface area contributed by atoms with Crippen molar-refractivity contribution in [3.8, 4) is 0 Å². The van der Waals surface area contributed by atoms with Crippen LogP contribution in [0.1, 0.15) is 66.7 Å². The van der Waals surface area contributed by atoms with Crippen LogP contribution < -0.4 is 0 Å². The molecule has 0 bridgehead atoms. The molecule has 0 atom stereocenters. The standard InChI is InChI=1S/C16H31NO2/c1-6-16(7-2)9-12-17(13-10-16)11-8-14(18)19-15(3,4)5/h6-13H2,1-5H3. The lowest BCUT2D eigenvalue weighted by atomic mass is 9.74. The molecule has 1 fully saturated rings. The highest BCUT2D eigenvalue weighted by Crippen LogP contribution is 2.37. The Morgan fingerprint density at radius 2 is 1.68 bits per heavy atom. The Labute approximate surface area is 118 Å². The molecule has 0 spiro atoms. The molecule has 19 heavy (non-hydrogen) atoms. The molecule has 3 nitrogen and oxygen atoms in total. The van der Waals surface area contributed by atoms with E-state index in [4.69, 9.17) is 4.74 Å². The maximum atomic E-state index is 11.7. The van der Waals surface area contributed by atoms with Gasteiger partial charge in [-0.05, 0) is 52.1 Å². The Hall–Kier alpha value is -0.570. The van der Waals surface area contributed by atoms with Crippen molar-refractivity contribution in [3.05, 3.63) is 0 Å². The number of esters is 1. The first kappa shape index (κ1) is 16.5. The highest BCUT2D eigenvalue weighted by molar-refractivity contribution is 5.70. The summed E-state index contributed by atoms with van der Waals surface area (Å²) in [4.78, 5) is 14.1. The molecule has 1 heterocycles. The minimum atomic E-state index is -0.363. The zero-order valence-corrected chi connectivity index (χ0v) is 13.4. The summed E-state index contributed by atoms with van der Waals surface area (Å²) in [5.74, 6) is -0.0738. The molecule has 0 N–H and O–H groups in total. The van der Waals surface area contributed by atoms with Crippen molar-refractivity contribution in [1.29, 1.82) is 0 Å². The maximum absolute atomic E-state index is 11.7. The van der Waals surface area contributed by atoms with Gasteiger partial charge in [-0.25, -0.2) is 0 Å². The Morgan fingerprint density at radius 1 is 1.16 bits per heavy atom. The van der Waals surface area contributed by atoms with Gasteiger partial charge in [-0.3, -0.25) is 4.79 Å². The van der Waals surface area contributed by atoms with Gasteiger partial charge in [0.25, 0.3) is 0 Å². The molecule has 0 amide bonds. The third kappa shape index (κ3) is 5.52. The van der Waals surface area contributed by atoms with Crippen LogP contribution in [0.25, 0.3) is 0 Å². The zero-order chi connectivity index (χ0) is 14.5. The Bertz CT molecular complexity index is 280. The molecule has 112 valence electrons. The first-order chi connectivity index (χ1) is 8.80. The second kappa shape index (κ2) is 6.74. The number of carbonyl (C=O) groups excluding carboxylic acids is 1. The first-order valence-electron chi connectivity index (χ1n) is 7.74. The van der Waals surface area contributed by atoms with E-state index in [0.717, 1.165) is 19.6 Å². The van der Waals surface area contributed by atoms with Gasteiger partial charge in [0.15, 0.2) is 0 Å². The fourth-order valence-electron chi connectivity index (χ4n) is 2.85. The lowest BCUT2D eigenvalue weighted by Crippen LogP contribution is -2.40. The molecule has 0 saturated carbocycles. The van der Waals surface area contributed by atoms with Crippen LogP contribution in [0.4, 0.5) is 0 Å². The topological polar surface area (TPSA) is 29.5 Å². The molecular formula is C16H31NO2. The number of hydrogen-bond donors (Lipinski definition) is 0. The summed E-state index contributed by atoms with van der Waals surface area (Å²) in [5, 5.41) is 0. The summed E-state index contributed by atoms with van der Waals surface area (Å²) >= 11 is 0. The van der Waals surface area contributed by atoms with Gasteiger partial charge in [-0.2, -0.15) is 0 Å². The highest BCUT2D eigenvalue weighted by Gasteiger charge is 2.31. The number of likely N-dealkylation sites (tertiary alicyclic amines) is 1. The van der Waals surface area contributed by atoms with Crippen LogP contribution >= 0.6 is 0 Å².